The molecule has 0 radical (unpaired) electrons. The molecule has 4 aliphatic carbocycles. The largest absolute Gasteiger partial charge is 0.300 e. The molecule has 2 nitrogen and oxygen atoms in total. The molecule has 0 aromatic carbocycles. The summed E-state index contributed by atoms with van der Waals surface area (Å²) in [6, 6.07) is 0. The lowest BCUT2D eigenvalue weighted by molar-refractivity contribution is -0.144. The number of hydrogen-bond acceptors (Lipinski definition) is 2. The van der Waals surface area contributed by atoms with Crippen LogP contribution in [0, 0.1) is 34.5 Å². The first kappa shape index (κ1) is 14.0. The van der Waals surface area contributed by atoms with E-state index in [0.29, 0.717) is 28.8 Å². The van der Waals surface area contributed by atoms with Gasteiger partial charge >= 0.3 is 0 Å². The van der Waals surface area contributed by atoms with Gasteiger partial charge in [0, 0.05) is 24.7 Å². The van der Waals surface area contributed by atoms with Crippen molar-refractivity contribution in [2.45, 2.75) is 71.6 Å². The average molecular weight is 288 g/mol. The molecule has 0 aromatic heterocycles. The third kappa shape index (κ3) is 1.77. The van der Waals surface area contributed by atoms with Gasteiger partial charge in [0.1, 0.15) is 11.6 Å². The van der Waals surface area contributed by atoms with Crippen molar-refractivity contribution in [2.24, 2.45) is 34.5 Å². The number of carbonyl (C=O) groups excluding carboxylic acids is 2. The molecule has 0 unspecified atom stereocenters. The fourth-order valence-electron chi connectivity index (χ4n) is 6.82. The Kier molecular flexibility index (Phi) is 2.94. The lowest BCUT2D eigenvalue weighted by Crippen LogP contribution is -2.53. The number of Topliss-reactive ketones (excluding diaryl/α,β-unsaturated/α-hetero) is 2. The van der Waals surface area contributed by atoms with E-state index in [0.717, 1.165) is 50.4 Å². The van der Waals surface area contributed by atoms with Crippen LogP contribution in [0.25, 0.3) is 0 Å². The van der Waals surface area contributed by atoms with Gasteiger partial charge in [-0.05, 0) is 67.6 Å². The van der Waals surface area contributed by atoms with Gasteiger partial charge in [0.25, 0.3) is 0 Å². The van der Waals surface area contributed by atoms with Gasteiger partial charge in [-0.15, -0.1) is 0 Å². The first-order valence-electron chi connectivity index (χ1n) is 9.00. The third-order valence-electron chi connectivity index (χ3n) is 8.19. The Morgan fingerprint density at radius 2 is 1.71 bits per heavy atom. The average Bonchev–Trinajstić information content (AvgIpc) is 2.76. The monoisotopic (exact) mass is 288 g/mol. The van der Waals surface area contributed by atoms with E-state index in [-0.39, 0.29) is 5.41 Å². The Labute approximate surface area is 128 Å². The molecule has 2 heteroatoms. The SMILES string of the molecule is C[C@@]12CCC(=O)C[C@@H]1CC[C@@H]1[C@H]3CCC(=O)[C@]3(C)CC[C@@H]12. The molecule has 0 spiro atoms. The standard InChI is InChI=1S/C19H28O2/c1-18-9-7-13(20)11-12(18)3-4-14-15-5-6-17(21)19(15,2)10-8-16(14)18/h12,14-16H,3-11H2,1-2H3/t12-,14+,15+,16-,18+,19+/m0/s1. The normalized spacial score (nSPS) is 53.0. The van der Waals surface area contributed by atoms with Crippen molar-refractivity contribution in [1.82, 2.24) is 0 Å². The first-order valence-corrected chi connectivity index (χ1v) is 9.00. The molecular weight excluding hydrogens is 260 g/mol. The van der Waals surface area contributed by atoms with Gasteiger partial charge in [-0.1, -0.05) is 13.8 Å². The van der Waals surface area contributed by atoms with Crippen LogP contribution >= 0.6 is 0 Å². The van der Waals surface area contributed by atoms with Gasteiger partial charge in [0.2, 0.25) is 0 Å². The summed E-state index contributed by atoms with van der Waals surface area (Å²) in [5.41, 5.74) is 0.374. The lowest BCUT2D eigenvalue weighted by atomic mass is 9.45. The summed E-state index contributed by atoms with van der Waals surface area (Å²) in [6.07, 6.45) is 9.53. The van der Waals surface area contributed by atoms with Gasteiger partial charge in [-0.25, -0.2) is 0 Å². The second-order valence-corrected chi connectivity index (χ2v) is 8.82. The summed E-state index contributed by atoms with van der Waals surface area (Å²) in [7, 11) is 0. The number of ketones is 2. The van der Waals surface area contributed by atoms with Crippen LogP contribution in [0.2, 0.25) is 0 Å². The zero-order chi connectivity index (χ0) is 14.8. The second kappa shape index (κ2) is 4.43. The van der Waals surface area contributed by atoms with Crippen LogP contribution in [0.5, 0.6) is 0 Å². The van der Waals surface area contributed by atoms with Crippen LogP contribution in [-0.2, 0) is 9.59 Å². The molecule has 21 heavy (non-hydrogen) atoms. The topological polar surface area (TPSA) is 34.1 Å². The van der Waals surface area contributed by atoms with Gasteiger partial charge in [0.15, 0.2) is 0 Å². The molecule has 0 aliphatic heterocycles. The number of carbonyl (C=O) groups is 2. The van der Waals surface area contributed by atoms with Gasteiger partial charge in [-0.3, -0.25) is 9.59 Å². The molecule has 4 fully saturated rings. The number of hydrogen-bond donors (Lipinski definition) is 0. The fraction of sp³-hybridized carbons (Fsp3) is 0.895. The number of fused-ring (bicyclic) bond motifs is 5. The Balaban J connectivity index is 1.65. The van der Waals surface area contributed by atoms with Crippen LogP contribution in [0.4, 0.5) is 0 Å². The van der Waals surface area contributed by atoms with Crippen molar-refractivity contribution in [3.05, 3.63) is 0 Å². The van der Waals surface area contributed by atoms with Gasteiger partial charge in [-0.2, -0.15) is 0 Å². The van der Waals surface area contributed by atoms with Crippen molar-refractivity contribution >= 4 is 11.6 Å². The van der Waals surface area contributed by atoms with Crippen LogP contribution in [-0.4, -0.2) is 11.6 Å². The lowest BCUT2D eigenvalue weighted by Gasteiger charge is -2.59. The zero-order valence-corrected chi connectivity index (χ0v) is 13.5. The van der Waals surface area contributed by atoms with E-state index in [2.05, 4.69) is 13.8 Å². The summed E-state index contributed by atoms with van der Waals surface area (Å²) in [5, 5.41) is 0. The second-order valence-electron chi connectivity index (χ2n) is 8.82. The minimum Gasteiger partial charge on any atom is -0.300 e. The highest BCUT2D eigenvalue weighted by atomic mass is 16.1. The fourth-order valence-corrected chi connectivity index (χ4v) is 6.82. The molecule has 0 saturated heterocycles. The van der Waals surface area contributed by atoms with Crippen LogP contribution in [0.1, 0.15) is 71.6 Å². The summed E-state index contributed by atoms with van der Waals surface area (Å²) in [5.74, 6) is 3.82. The molecule has 4 rings (SSSR count). The molecule has 0 N–H and O–H groups in total. The van der Waals surface area contributed by atoms with E-state index in [1.54, 1.807) is 0 Å². The van der Waals surface area contributed by atoms with E-state index >= 15 is 0 Å². The van der Waals surface area contributed by atoms with Crippen molar-refractivity contribution < 1.29 is 9.59 Å². The van der Waals surface area contributed by atoms with E-state index < -0.39 is 0 Å². The van der Waals surface area contributed by atoms with E-state index in [1.165, 1.54) is 19.3 Å². The van der Waals surface area contributed by atoms with Gasteiger partial charge < -0.3 is 0 Å². The first-order chi connectivity index (χ1) is 9.95. The predicted octanol–water partition coefficient (Wildman–Crippen LogP) is 4.17. The Morgan fingerprint density at radius 3 is 2.52 bits per heavy atom. The summed E-state index contributed by atoms with van der Waals surface area (Å²) < 4.78 is 0. The Hall–Kier alpha value is -0.660. The maximum absolute atomic E-state index is 12.4. The number of rotatable bonds is 0. The van der Waals surface area contributed by atoms with E-state index in [1.807, 2.05) is 0 Å². The van der Waals surface area contributed by atoms with Crippen molar-refractivity contribution in [2.75, 3.05) is 0 Å². The Morgan fingerprint density at radius 1 is 0.905 bits per heavy atom. The summed E-state index contributed by atoms with van der Waals surface area (Å²) in [4.78, 5) is 24.2. The summed E-state index contributed by atoms with van der Waals surface area (Å²) in [6.45, 7) is 4.72. The van der Waals surface area contributed by atoms with Crippen LogP contribution < -0.4 is 0 Å². The van der Waals surface area contributed by atoms with E-state index in [9.17, 15) is 9.59 Å². The minimum atomic E-state index is -0.00511. The molecule has 4 saturated carbocycles. The molecule has 4 aliphatic rings. The molecule has 0 amide bonds. The minimum absolute atomic E-state index is 0.00511. The highest BCUT2D eigenvalue weighted by Gasteiger charge is 2.60. The maximum atomic E-state index is 12.4. The molecule has 0 heterocycles. The molecular formula is C19H28O2. The van der Waals surface area contributed by atoms with Gasteiger partial charge in [0.05, 0.1) is 0 Å². The quantitative estimate of drug-likeness (QED) is 0.670. The van der Waals surface area contributed by atoms with Crippen molar-refractivity contribution in [3.8, 4) is 0 Å². The predicted molar refractivity (Wildman–Crippen MR) is 81.7 cm³/mol. The van der Waals surface area contributed by atoms with Crippen molar-refractivity contribution in [1.29, 1.82) is 0 Å². The van der Waals surface area contributed by atoms with Crippen molar-refractivity contribution in [3.63, 3.8) is 0 Å². The van der Waals surface area contributed by atoms with E-state index in [4.69, 9.17) is 0 Å². The highest BCUT2D eigenvalue weighted by molar-refractivity contribution is 5.87. The molecule has 0 aromatic rings. The highest BCUT2D eigenvalue weighted by Crippen LogP contribution is 2.65. The third-order valence-corrected chi connectivity index (χ3v) is 8.19. The summed E-state index contributed by atoms with van der Waals surface area (Å²) >= 11 is 0. The smallest absolute Gasteiger partial charge is 0.139 e. The molecule has 0 bridgehead atoms. The zero-order valence-electron chi connectivity index (χ0n) is 13.5. The Bertz CT molecular complexity index is 496. The van der Waals surface area contributed by atoms with Crippen LogP contribution in [0.3, 0.4) is 0 Å². The molecule has 6 atom stereocenters. The maximum Gasteiger partial charge on any atom is 0.139 e. The molecule has 116 valence electrons. The van der Waals surface area contributed by atoms with Crippen LogP contribution in [0.15, 0.2) is 0 Å².